The Morgan fingerprint density at radius 3 is 2.40 bits per heavy atom. The molecule has 0 saturated heterocycles. The molecule has 5 rings (SSSR count). The van der Waals surface area contributed by atoms with Gasteiger partial charge in [0.05, 0.1) is 33.9 Å². The van der Waals surface area contributed by atoms with E-state index in [1.165, 1.54) is 28.0 Å². The number of carbonyl (C=O) groups excluding carboxylic acids is 1. The summed E-state index contributed by atoms with van der Waals surface area (Å²) in [6, 6.07) is 20.0. The lowest BCUT2D eigenvalue weighted by Crippen LogP contribution is -2.40. The van der Waals surface area contributed by atoms with Gasteiger partial charge in [-0.15, -0.1) is 0 Å². The van der Waals surface area contributed by atoms with Crippen molar-refractivity contribution in [2.45, 2.75) is 33.4 Å². The number of nitrogens with zero attached hydrogens (tertiary/aromatic N) is 3. The minimum absolute atomic E-state index is 0.00283. The number of allylic oxidation sites excluding steroid dienone is 1. The molecule has 3 aromatic carbocycles. The maximum Gasteiger partial charge on any atom is 0.338 e. The Labute approximate surface area is 251 Å². The zero-order valence-electron chi connectivity index (χ0n) is 23.8. The van der Waals surface area contributed by atoms with Crippen molar-refractivity contribution in [3.8, 4) is 11.5 Å². The zero-order valence-corrected chi connectivity index (χ0v) is 24.6. The van der Waals surface area contributed by atoms with Crippen LogP contribution in [0.2, 0.25) is 0 Å². The SMILES string of the molecule is CCOC(=O)C1=C(C)N=c2s/c(=C\c3ccccc3OCc3ccc([N+](=O)[O-])cc3)c(=O)n2[C@@H]1c1ccccc1OCC. The number of aromatic nitrogens is 1. The Morgan fingerprint density at radius 1 is 1.00 bits per heavy atom. The molecule has 0 aliphatic carbocycles. The van der Waals surface area contributed by atoms with E-state index in [4.69, 9.17) is 14.2 Å². The van der Waals surface area contributed by atoms with Gasteiger partial charge in [-0.1, -0.05) is 47.7 Å². The van der Waals surface area contributed by atoms with Gasteiger partial charge in [0.1, 0.15) is 24.1 Å². The lowest BCUT2D eigenvalue weighted by molar-refractivity contribution is -0.384. The molecule has 0 fully saturated rings. The van der Waals surface area contributed by atoms with Crippen molar-refractivity contribution in [3.05, 3.63) is 131 Å². The van der Waals surface area contributed by atoms with E-state index in [1.54, 1.807) is 38.1 Å². The van der Waals surface area contributed by atoms with Gasteiger partial charge in [-0.3, -0.25) is 19.5 Å². The molecule has 0 unspecified atom stereocenters. The number of esters is 1. The average molecular weight is 600 g/mol. The van der Waals surface area contributed by atoms with Gasteiger partial charge in [0, 0.05) is 23.3 Å². The molecule has 0 radical (unpaired) electrons. The zero-order chi connectivity index (χ0) is 30.5. The molecule has 1 atom stereocenters. The molecule has 220 valence electrons. The van der Waals surface area contributed by atoms with Crippen LogP contribution in [0.5, 0.6) is 11.5 Å². The number of benzene rings is 3. The topological polar surface area (TPSA) is 122 Å². The van der Waals surface area contributed by atoms with E-state index in [1.807, 2.05) is 49.4 Å². The molecule has 0 saturated carbocycles. The van der Waals surface area contributed by atoms with Crippen molar-refractivity contribution < 1.29 is 23.9 Å². The van der Waals surface area contributed by atoms with Crippen molar-refractivity contribution >= 4 is 29.1 Å². The fraction of sp³-hybridized carbons (Fsp3) is 0.219. The van der Waals surface area contributed by atoms with Crippen LogP contribution in [-0.4, -0.2) is 28.7 Å². The summed E-state index contributed by atoms with van der Waals surface area (Å²) < 4.78 is 19.3. The maximum atomic E-state index is 14.1. The molecule has 1 aliphatic heterocycles. The Balaban J connectivity index is 1.58. The van der Waals surface area contributed by atoms with Gasteiger partial charge in [0.2, 0.25) is 0 Å². The first-order chi connectivity index (χ1) is 20.8. The quantitative estimate of drug-likeness (QED) is 0.147. The molecular formula is C32H29N3O7S. The van der Waals surface area contributed by atoms with Crippen LogP contribution in [0.1, 0.15) is 43.5 Å². The van der Waals surface area contributed by atoms with Gasteiger partial charge >= 0.3 is 5.97 Å². The smallest absolute Gasteiger partial charge is 0.338 e. The van der Waals surface area contributed by atoms with Gasteiger partial charge in [-0.2, -0.15) is 0 Å². The Bertz CT molecular complexity index is 1890. The van der Waals surface area contributed by atoms with Gasteiger partial charge in [0.15, 0.2) is 4.80 Å². The second kappa shape index (κ2) is 12.9. The first kappa shape index (κ1) is 29.5. The molecule has 1 aliphatic rings. The number of fused-ring (bicyclic) bond motifs is 1. The third-order valence-electron chi connectivity index (χ3n) is 6.78. The van der Waals surface area contributed by atoms with E-state index in [0.29, 0.717) is 44.3 Å². The lowest BCUT2D eigenvalue weighted by Gasteiger charge is -2.26. The van der Waals surface area contributed by atoms with Gasteiger partial charge in [-0.25, -0.2) is 9.79 Å². The summed E-state index contributed by atoms with van der Waals surface area (Å²) in [5.74, 6) is 0.554. The molecule has 2 heterocycles. The monoisotopic (exact) mass is 599 g/mol. The van der Waals surface area contributed by atoms with Crippen LogP contribution in [0, 0.1) is 10.1 Å². The maximum absolute atomic E-state index is 14.1. The van der Waals surface area contributed by atoms with E-state index >= 15 is 0 Å². The van der Waals surface area contributed by atoms with Crippen LogP contribution in [0.3, 0.4) is 0 Å². The highest BCUT2D eigenvalue weighted by Crippen LogP contribution is 2.36. The minimum atomic E-state index is -0.797. The summed E-state index contributed by atoms with van der Waals surface area (Å²) in [5, 5.41) is 11.0. The largest absolute Gasteiger partial charge is 0.494 e. The number of non-ortho nitro benzene ring substituents is 1. The van der Waals surface area contributed by atoms with Crippen LogP contribution >= 0.6 is 11.3 Å². The predicted molar refractivity (Wildman–Crippen MR) is 162 cm³/mol. The number of ether oxygens (including phenoxy) is 3. The van der Waals surface area contributed by atoms with Gasteiger partial charge in [-0.05, 0) is 56.7 Å². The highest BCUT2D eigenvalue weighted by Gasteiger charge is 2.35. The third-order valence-corrected chi connectivity index (χ3v) is 7.76. The summed E-state index contributed by atoms with van der Waals surface area (Å²) in [6.45, 7) is 6.11. The third kappa shape index (κ3) is 6.12. The van der Waals surface area contributed by atoms with Crippen molar-refractivity contribution in [1.29, 1.82) is 0 Å². The van der Waals surface area contributed by atoms with E-state index < -0.39 is 16.9 Å². The van der Waals surface area contributed by atoms with E-state index in [2.05, 4.69) is 4.99 Å². The minimum Gasteiger partial charge on any atom is -0.494 e. The molecule has 0 bridgehead atoms. The summed E-state index contributed by atoms with van der Waals surface area (Å²) >= 11 is 1.21. The summed E-state index contributed by atoms with van der Waals surface area (Å²) in [4.78, 5) is 42.9. The molecular weight excluding hydrogens is 570 g/mol. The number of nitro groups is 1. The summed E-state index contributed by atoms with van der Waals surface area (Å²) in [6.07, 6.45) is 1.74. The van der Waals surface area contributed by atoms with E-state index in [0.717, 1.165) is 5.56 Å². The molecule has 10 nitrogen and oxygen atoms in total. The lowest BCUT2D eigenvalue weighted by atomic mass is 9.95. The Kier molecular flexibility index (Phi) is 8.82. The number of para-hydroxylation sites is 2. The fourth-order valence-electron chi connectivity index (χ4n) is 4.83. The van der Waals surface area contributed by atoms with Crippen LogP contribution in [-0.2, 0) is 16.1 Å². The molecule has 0 N–H and O–H groups in total. The van der Waals surface area contributed by atoms with Crippen molar-refractivity contribution in [3.63, 3.8) is 0 Å². The van der Waals surface area contributed by atoms with Crippen LogP contribution in [0.15, 0.2) is 93.9 Å². The second-order valence-corrected chi connectivity index (χ2v) is 10.5. The molecule has 0 spiro atoms. The van der Waals surface area contributed by atoms with Crippen LogP contribution in [0.25, 0.3) is 6.08 Å². The molecule has 4 aromatic rings. The normalized spacial score (nSPS) is 14.6. The second-order valence-electron chi connectivity index (χ2n) is 9.52. The molecule has 1 aromatic heterocycles. The molecule has 43 heavy (non-hydrogen) atoms. The van der Waals surface area contributed by atoms with Crippen molar-refractivity contribution in [2.75, 3.05) is 13.2 Å². The van der Waals surface area contributed by atoms with Crippen LogP contribution < -0.4 is 24.4 Å². The fourth-order valence-corrected chi connectivity index (χ4v) is 5.86. The Hall–Kier alpha value is -5.03. The van der Waals surface area contributed by atoms with Gasteiger partial charge < -0.3 is 14.2 Å². The summed E-state index contributed by atoms with van der Waals surface area (Å²) in [5.41, 5.74) is 2.51. The first-order valence-corrected chi connectivity index (χ1v) is 14.5. The number of carbonyl (C=O) groups is 1. The van der Waals surface area contributed by atoms with Crippen molar-refractivity contribution in [1.82, 2.24) is 4.57 Å². The molecule has 0 amide bonds. The number of nitro benzene ring substituents is 1. The molecule has 11 heteroatoms. The Morgan fingerprint density at radius 2 is 1.70 bits per heavy atom. The first-order valence-electron chi connectivity index (χ1n) is 13.7. The van der Waals surface area contributed by atoms with E-state index in [-0.39, 0.29) is 30.0 Å². The highest BCUT2D eigenvalue weighted by atomic mass is 32.1. The number of thiazole rings is 1. The summed E-state index contributed by atoms with van der Waals surface area (Å²) in [7, 11) is 0. The number of rotatable bonds is 10. The number of hydrogen-bond acceptors (Lipinski definition) is 9. The standard InChI is InChI=1S/C32H29N3O7S/c1-4-40-26-13-9-7-11-24(26)29-28(31(37)41-5-2)20(3)33-32-34(29)30(36)27(43-32)18-22-10-6-8-12-25(22)42-19-21-14-16-23(17-15-21)35(38)39/h6-18,29H,4-5,19H2,1-3H3/b27-18-/t29-/m1/s1. The van der Waals surface area contributed by atoms with Gasteiger partial charge in [0.25, 0.3) is 11.2 Å². The predicted octanol–water partition coefficient (Wildman–Crippen LogP) is 4.68. The van der Waals surface area contributed by atoms with Crippen molar-refractivity contribution in [2.24, 2.45) is 4.99 Å². The average Bonchev–Trinajstić information content (AvgIpc) is 3.30. The highest BCUT2D eigenvalue weighted by molar-refractivity contribution is 7.07. The number of hydrogen-bond donors (Lipinski definition) is 0. The van der Waals surface area contributed by atoms with E-state index in [9.17, 15) is 19.7 Å². The van der Waals surface area contributed by atoms with Crippen LogP contribution in [0.4, 0.5) is 5.69 Å².